The maximum Gasteiger partial charge on any atom is 0.324 e. The molecule has 156 valence electrons. The SMILES string of the molecule is CC(C)CC1(C(=O)O)NC(c2ccccn2)C2C(=O)N(Cc3ccccc3)C(=O)C21. The first-order chi connectivity index (χ1) is 14.3. The Hall–Kier alpha value is -3.06. The number of carboxylic acids is 1. The van der Waals surface area contributed by atoms with E-state index in [0.29, 0.717) is 5.69 Å². The molecule has 2 aliphatic rings. The maximum absolute atomic E-state index is 13.5. The number of aromatic nitrogens is 1. The summed E-state index contributed by atoms with van der Waals surface area (Å²) in [6, 6.07) is 13.9. The lowest BCUT2D eigenvalue weighted by molar-refractivity contribution is -0.152. The summed E-state index contributed by atoms with van der Waals surface area (Å²) < 4.78 is 0. The lowest BCUT2D eigenvalue weighted by atomic mass is 9.75. The average molecular weight is 407 g/mol. The van der Waals surface area contributed by atoms with Crippen molar-refractivity contribution in [3.05, 3.63) is 66.0 Å². The smallest absolute Gasteiger partial charge is 0.324 e. The van der Waals surface area contributed by atoms with Crippen LogP contribution in [0, 0.1) is 17.8 Å². The van der Waals surface area contributed by atoms with Gasteiger partial charge in [-0.1, -0.05) is 50.2 Å². The molecule has 4 rings (SSSR count). The summed E-state index contributed by atoms with van der Waals surface area (Å²) in [5.74, 6) is -3.63. The Morgan fingerprint density at radius 2 is 1.83 bits per heavy atom. The van der Waals surface area contributed by atoms with Crippen LogP contribution in [0.1, 0.15) is 37.6 Å². The van der Waals surface area contributed by atoms with Crippen molar-refractivity contribution in [2.45, 2.75) is 38.4 Å². The summed E-state index contributed by atoms with van der Waals surface area (Å²) >= 11 is 0. The molecule has 0 bridgehead atoms. The second-order valence-corrected chi connectivity index (χ2v) is 8.50. The van der Waals surface area contributed by atoms with Gasteiger partial charge in [0.25, 0.3) is 0 Å². The number of benzene rings is 1. The van der Waals surface area contributed by atoms with Crippen molar-refractivity contribution in [1.29, 1.82) is 0 Å². The van der Waals surface area contributed by atoms with Gasteiger partial charge in [-0.2, -0.15) is 0 Å². The van der Waals surface area contributed by atoms with Crippen molar-refractivity contribution in [2.24, 2.45) is 17.8 Å². The van der Waals surface area contributed by atoms with E-state index < -0.39 is 35.3 Å². The number of aliphatic carboxylic acids is 1. The predicted molar refractivity (Wildman–Crippen MR) is 109 cm³/mol. The summed E-state index contributed by atoms with van der Waals surface area (Å²) in [5.41, 5.74) is -0.118. The Labute approximate surface area is 175 Å². The van der Waals surface area contributed by atoms with E-state index in [0.717, 1.165) is 5.56 Å². The molecule has 3 heterocycles. The molecule has 2 N–H and O–H groups in total. The Morgan fingerprint density at radius 1 is 1.13 bits per heavy atom. The number of rotatable bonds is 6. The molecule has 7 nitrogen and oxygen atoms in total. The highest BCUT2D eigenvalue weighted by molar-refractivity contribution is 6.09. The Bertz CT molecular complexity index is 963. The molecule has 0 aliphatic carbocycles. The monoisotopic (exact) mass is 407 g/mol. The minimum Gasteiger partial charge on any atom is -0.480 e. The first-order valence-electron chi connectivity index (χ1n) is 10.2. The molecule has 4 unspecified atom stereocenters. The van der Waals surface area contributed by atoms with Gasteiger partial charge in [0.15, 0.2) is 0 Å². The van der Waals surface area contributed by atoms with Crippen LogP contribution in [0.3, 0.4) is 0 Å². The molecule has 2 aromatic rings. The van der Waals surface area contributed by atoms with Crippen LogP contribution in [0.2, 0.25) is 0 Å². The van der Waals surface area contributed by atoms with E-state index in [9.17, 15) is 19.5 Å². The molecule has 0 saturated carbocycles. The van der Waals surface area contributed by atoms with Gasteiger partial charge in [-0.25, -0.2) is 0 Å². The second kappa shape index (κ2) is 7.65. The molecule has 7 heteroatoms. The minimum absolute atomic E-state index is 0.0165. The number of fused-ring (bicyclic) bond motifs is 1. The van der Waals surface area contributed by atoms with E-state index in [1.165, 1.54) is 4.90 Å². The van der Waals surface area contributed by atoms with Crippen molar-refractivity contribution in [2.75, 3.05) is 0 Å². The molecular weight excluding hydrogens is 382 g/mol. The van der Waals surface area contributed by atoms with E-state index >= 15 is 0 Å². The van der Waals surface area contributed by atoms with Gasteiger partial charge in [-0.05, 0) is 30.0 Å². The summed E-state index contributed by atoms with van der Waals surface area (Å²) in [7, 11) is 0. The molecule has 1 aromatic carbocycles. The highest BCUT2D eigenvalue weighted by Crippen LogP contribution is 2.50. The molecule has 2 fully saturated rings. The third kappa shape index (κ3) is 3.19. The summed E-state index contributed by atoms with van der Waals surface area (Å²) in [5, 5.41) is 13.4. The van der Waals surface area contributed by atoms with E-state index in [2.05, 4.69) is 10.3 Å². The van der Waals surface area contributed by atoms with Crippen LogP contribution in [-0.4, -0.2) is 38.3 Å². The molecule has 4 atom stereocenters. The minimum atomic E-state index is -1.51. The number of carboxylic acid groups (broad SMARTS) is 1. The van der Waals surface area contributed by atoms with E-state index in [1.54, 1.807) is 24.4 Å². The third-order valence-corrected chi connectivity index (χ3v) is 6.05. The normalized spacial score (nSPS) is 28.2. The average Bonchev–Trinajstić information content (AvgIpc) is 3.19. The summed E-state index contributed by atoms with van der Waals surface area (Å²) in [6.07, 6.45) is 1.85. The largest absolute Gasteiger partial charge is 0.480 e. The van der Waals surface area contributed by atoms with E-state index in [-0.39, 0.29) is 24.8 Å². The fraction of sp³-hybridized carbons (Fsp3) is 0.391. The van der Waals surface area contributed by atoms with Crippen molar-refractivity contribution in [1.82, 2.24) is 15.2 Å². The first kappa shape index (κ1) is 20.2. The molecular formula is C23H25N3O4. The number of nitrogens with one attached hydrogen (secondary N) is 1. The zero-order chi connectivity index (χ0) is 21.5. The summed E-state index contributed by atoms with van der Waals surface area (Å²) in [4.78, 5) is 45.0. The first-order valence-corrected chi connectivity index (χ1v) is 10.2. The van der Waals surface area contributed by atoms with Gasteiger partial charge in [0.2, 0.25) is 11.8 Å². The van der Waals surface area contributed by atoms with Gasteiger partial charge in [-0.3, -0.25) is 29.6 Å². The molecule has 2 amide bonds. The number of carbonyl (C=O) groups excluding carboxylic acids is 2. The van der Waals surface area contributed by atoms with Crippen LogP contribution in [0.5, 0.6) is 0 Å². The predicted octanol–water partition coefficient (Wildman–Crippen LogP) is 2.40. The van der Waals surface area contributed by atoms with Gasteiger partial charge in [-0.15, -0.1) is 0 Å². The van der Waals surface area contributed by atoms with Crippen LogP contribution < -0.4 is 5.32 Å². The second-order valence-electron chi connectivity index (χ2n) is 8.50. The van der Waals surface area contributed by atoms with Gasteiger partial charge in [0.05, 0.1) is 30.1 Å². The Morgan fingerprint density at radius 3 is 2.43 bits per heavy atom. The third-order valence-electron chi connectivity index (χ3n) is 6.05. The van der Waals surface area contributed by atoms with Gasteiger partial charge < -0.3 is 5.11 Å². The van der Waals surface area contributed by atoms with Gasteiger partial charge in [0, 0.05) is 6.20 Å². The summed E-state index contributed by atoms with van der Waals surface area (Å²) in [6.45, 7) is 3.97. The van der Waals surface area contributed by atoms with Crippen molar-refractivity contribution < 1.29 is 19.5 Å². The zero-order valence-corrected chi connectivity index (χ0v) is 17.0. The van der Waals surface area contributed by atoms with Crippen molar-refractivity contribution >= 4 is 17.8 Å². The lowest BCUT2D eigenvalue weighted by Crippen LogP contribution is -2.56. The van der Waals surface area contributed by atoms with E-state index in [4.69, 9.17) is 0 Å². The number of amides is 2. The molecule has 0 spiro atoms. The van der Waals surface area contributed by atoms with E-state index in [1.807, 2.05) is 44.2 Å². The van der Waals surface area contributed by atoms with Crippen LogP contribution in [-0.2, 0) is 20.9 Å². The number of hydrogen-bond donors (Lipinski definition) is 2. The number of likely N-dealkylation sites (tertiary alicyclic amines) is 1. The highest BCUT2D eigenvalue weighted by Gasteiger charge is 2.68. The fourth-order valence-electron chi connectivity index (χ4n) is 4.91. The Kier molecular flexibility index (Phi) is 5.15. The standard InChI is InChI=1S/C23H25N3O4/c1-14(2)12-23(22(29)30)18-17(19(25-23)16-10-6-7-11-24-16)20(27)26(21(18)28)13-15-8-4-3-5-9-15/h3-11,14,17-19,25H,12-13H2,1-2H3,(H,29,30). The van der Waals surface area contributed by atoms with Gasteiger partial charge >= 0.3 is 5.97 Å². The molecule has 30 heavy (non-hydrogen) atoms. The van der Waals surface area contributed by atoms with Gasteiger partial charge in [0.1, 0.15) is 5.54 Å². The van der Waals surface area contributed by atoms with Crippen LogP contribution in [0.25, 0.3) is 0 Å². The van der Waals surface area contributed by atoms with Crippen molar-refractivity contribution in [3.63, 3.8) is 0 Å². The maximum atomic E-state index is 13.5. The molecule has 1 aromatic heterocycles. The highest BCUT2D eigenvalue weighted by atomic mass is 16.4. The van der Waals surface area contributed by atoms with Crippen LogP contribution in [0.4, 0.5) is 0 Å². The lowest BCUT2D eigenvalue weighted by Gasteiger charge is -2.32. The number of imide groups is 1. The van der Waals surface area contributed by atoms with Crippen LogP contribution >= 0.6 is 0 Å². The van der Waals surface area contributed by atoms with Crippen molar-refractivity contribution in [3.8, 4) is 0 Å². The fourth-order valence-corrected chi connectivity index (χ4v) is 4.91. The zero-order valence-electron chi connectivity index (χ0n) is 17.0. The molecule has 2 saturated heterocycles. The molecule has 0 radical (unpaired) electrons. The topological polar surface area (TPSA) is 99.6 Å². The number of hydrogen-bond acceptors (Lipinski definition) is 5. The molecule has 2 aliphatic heterocycles. The van der Waals surface area contributed by atoms with Crippen LogP contribution in [0.15, 0.2) is 54.7 Å². The quantitative estimate of drug-likeness (QED) is 0.714. The Balaban J connectivity index is 1.79. The number of pyridine rings is 1. The number of carbonyl (C=O) groups is 3. The number of nitrogens with zero attached hydrogens (tertiary/aromatic N) is 2.